The average molecular weight is 479 g/mol. The Labute approximate surface area is 199 Å². The van der Waals surface area contributed by atoms with Crippen molar-refractivity contribution in [3.05, 3.63) is 70.9 Å². The molecule has 0 spiro atoms. The van der Waals surface area contributed by atoms with Crippen molar-refractivity contribution in [1.82, 2.24) is 15.1 Å². The summed E-state index contributed by atoms with van der Waals surface area (Å²) in [6.07, 6.45) is 0. The van der Waals surface area contributed by atoms with Crippen molar-refractivity contribution < 1.29 is 14.0 Å². The largest absolute Gasteiger partial charge is 0.369 e. The zero-order valence-electron chi connectivity index (χ0n) is 18.5. The molecule has 10 heteroatoms. The number of fused-ring (bicyclic) bond motifs is 1. The van der Waals surface area contributed by atoms with Gasteiger partial charge in [-0.15, -0.1) is 11.3 Å². The SMILES string of the molecule is CN1CCN(c2ccc(NC(=O)c3cc4c(NC(=O)c5cccc(F)c5)[nH]nc4s3)cc2)CC1. The fourth-order valence-corrected chi connectivity index (χ4v) is 4.74. The number of hydrogen-bond donors (Lipinski definition) is 3. The summed E-state index contributed by atoms with van der Waals surface area (Å²) in [6.45, 7) is 4.02. The van der Waals surface area contributed by atoms with E-state index in [4.69, 9.17) is 0 Å². The van der Waals surface area contributed by atoms with Crippen LogP contribution in [0.3, 0.4) is 0 Å². The number of H-pyrrole nitrogens is 1. The zero-order valence-corrected chi connectivity index (χ0v) is 19.3. The summed E-state index contributed by atoms with van der Waals surface area (Å²) in [5.74, 6) is -0.856. The number of rotatable bonds is 5. The first-order valence-corrected chi connectivity index (χ1v) is 11.7. The Hall–Kier alpha value is -3.76. The molecular formula is C24H23FN6O2S. The predicted molar refractivity (Wildman–Crippen MR) is 132 cm³/mol. The highest BCUT2D eigenvalue weighted by Crippen LogP contribution is 2.30. The van der Waals surface area contributed by atoms with Crippen LogP contribution >= 0.6 is 11.3 Å². The van der Waals surface area contributed by atoms with Crippen molar-refractivity contribution in [3.8, 4) is 0 Å². The number of carbonyl (C=O) groups is 2. The van der Waals surface area contributed by atoms with Crippen LogP contribution in [0.15, 0.2) is 54.6 Å². The molecule has 2 amide bonds. The van der Waals surface area contributed by atoms with Crippen molar-refractivity contribution >= 4 is 50.6 Å². The molecule has 2 aromatic carbocycles. The number of likely N-dealkylation sites (N-methyl/N-ethyl adjacent to an activating group) is 1. The Morgan fingerprint density at radius 2 is 1.76 bits per heavy atom. The minimum Gasteiger partial charge on any atom is -0.369 e. The Bertz CT molecular complexity index is 1340. The van der Waals surface area contributed by atoms with Crippen molar-refractivity contribution in [2.75, 3.05) is 48.8 Å². The van der Waals surface area contributed by atoms with Crippen molar-refractivity contribution in [2.24, 2.45) is 0 Å². The summed E-state index contributed by atoms with van der Waals surface area (Å²) in [7, 11) is 2.12. The van der Waals surface area contributed by atoms with Gasteiger partial charge in [-0.05, 0) is 55.6 Å². The van der Waals surface area contributed by atoms with Crippen LogP contribution in [0.1, 0.15) is 20.0 Å². The molecular weight excluding hydrogens is 455 g/mol. The van der Waals surface area contributed by atoms with Crippen LogP contribution in [0.2, 0.25) is 0 Å². The number of nitrogens with one attached hydrogen (secondary N) is 3. The van der Waals surface area contributed by atoms with Gasteiger partial charge in [-0.2, -0.15) is 5.10 Å². The van der Waals surface area contributed by atoms with E-state index in [9.17, 15) is 14.0 Å². The lowest BCUT2D eigenvalue weighted by atomic mass is 10.2. The summed E-state index contributed by atoms with van der Waals surface area (Å²) >= 11 is 1.22. The number of thiophene rings is 1. The van der Waals surface area contributed by atoms with E-state index < -0.39 is 11.7 Å². The van der Waals surface area contributed by atoms with Crippen LogP contribution < -0.4 is 15.5 Å². The molecule has 3 N–H and O–H groups in total. The van der Waals surface area contributed by atoms with Crippen LogP contribution in [0.5, 0.6) is 0 Å². The molecule has 1 aliphatic rings. The van der Waals surface area contributed by atoms with Gasteiger partial charge in [0.25, 0.3) is 11.8 Å². The average Bonchev–Trinajstić information content (AvgIpc) is 3.42. The molecule has 8 nitrogen and oxygen atoms in total. The molecule has 1 fully saturated rings. The summed E-state index contributed by atoms with van der Waals surface area (Å²) in [4.78, 5) is 30.9. The third-order valence-electron chi connectivity index (χ3n) is 5.79. The molecule has 1 aliphatic heterocycles. The molecule has 0 saturated carbocycles. The molecule has 0 atom stereocenters. The number of aromatic nitrogens is 2. The molecule has 0 aliphatic carbocycles. The van der Waals surface area contributed by atoms with Crippen LogP contribution in [-0.2, 0) is 0 Å². The molecule has 4 aromatic rings. The molecule has 0 radical (unpaired) electrons. The van der Waals surface area contributed by atoms with E-state index in [1.807, 2.05) is 24.3 Å². The Morgan fingerprint density at radius 3 is 2.50 bits per heavy atom. The van der Waals surface area contributed by atoms with Crippen molar-refractivity contribution in [2.45, 2.75) is 0 Å². The molecule has 0 bridgehead atoms. The normalized spacial score (nSPS) is 14.4. The number of amides is 2. The maximum Gasteiger partial charge on any atom is 0.265 e. The van der Waals surface area contributed by atoms with E-state index >= 15 is 0 Å². The zero-order chi connectivity index (χ0) is 23.7. The summed E-state index contributed by atoms with van der Waals surface area (Å²) in [6, 6.07) is 14.9. The van der Waals surface area contributed by atoms with E-state index in [1.54, 1.807) is 6.07 Å². The van der Waals surface area contributed by atoms with Gasteiger partial charge in [0.2, 0.25) is 0 Å². The van der Waals surface area contributed by atoms with Crippen LogP contribution in [-0.4, -0.2) is 60.1 Å². The minimum atomic E-state index is -0.492. The Balaban J connectivity index is 1.26. The number of benzene rings is 2. The smallest absolute Gasteiger partial charge is 0.265 e. The summed E-state index contributed by atoms with van der Waals surface area (Å²) < 4.78 is 13.4. The van der Waals surface area contributed by atoms with Gasteiger partial charge in [-0.3, -0.25) is 14.7 Å². The number of halogens is 1. The minimum absolute atomic E-state index is 0.191. The standard InChI is InChI=1S/C24H23FN6O2S/c1-30-9-11-31(12-10-30)18-7-5-17(6-8-18)26-23(33)20-14-19-21(28-29-24(19)34-20)27-22(32)15-3-2-4-16(25)13-15/h2-8,13-14H,9-12H2,1H3,(H,26,33)(H2,27,28,29,32). The van der Waals surface area contributed by atoms with Gasteiger partial charge in [0.1, 0.15) is 16.5 Å². The van der Waals surface area contributed by atoms with Gasteiger partial charge in [0, 0.05) is 43.1 Å². The number of nitrogens with zero attached hydrogens (tertiary/aromatic N) is 3. The van der Waals surface area contributed by atoms with Crippen molar-refractivity contribution in [3.63, 3.8) is 0 Å². The van der Waals surface area contributed by atoms with Gasteiger partial charge in [-0.25, -0.2) is 4.39 Å². The van der Waals surface area contributed by atoms with Gasteiger partial charge in [0.05, 0.1) is 10.3 Å². The summed E-state index contributed by atoms with van der Waals surface area (Å²) in [5, 5.41) is 13.2. The van der Waals surface area contributed by atoms with Gasteiger partial charge in [0.15, 0.2) is 0 Å². The van der Waals surface area contributed by atoms with Gasteiger partial charge >= 0.3 is 0 Å². The maximum absolute atomic E-state index is 13.4. The molecule has 174 valence electrons. The quantitative estimate of drug-likeness (QED) is 0.403. The lowest BCUT2D eigenvalue weighted by Crippen LogP contribution is -2.44. The second-order valence-electron chi connectivity index (χ2n) is 8.18. The lowest BCUT2D eigenvalue weighted by molar-refractivity contribution is 0.102. The van der Waals surface area contributed by atoms with E-state index in [1.165, 1.54) is 29.5 Å². The first kappa shape index (κ1) is 22.1. The third kappa shape index (κ3) is 4.63. The Morgan fingerprint density at radius 1 is 1.00 bits per heavy atom. The number of hydrogen-bond acceptors (Lipinski definition) is 6. The number of carbonyl (C=O) groups excluding carboxylic acids is 2. The molecule has 1 saturated heterocycles. The van der Waals surface area contributed by atoms with Crippen molar-refractivity contribution in [1.29, 1.82) is 0 Å². The fraction of sp³-hybridized carbons (Fsp3) is 0.208. The van der Waals surface area contributed by atoms with Crippen LogP contribution in [0, 0.1) is 5.82 Å². The lowest BCUT2D eigenvalue weighted by Gasteiger charge is -2.34. The number of anilines is 3. The fourth-order valence-electron chi connectivity index (χ4n) is 3.85. The maximum atomic E-state index is 13.4. The second kappa shape index (κ2) is 9.24. The van der Waals surface area contributed by atoms with Crippen LogP contribution in [0.25, 0.3) is 10.2 Å². The van der Waals surface area contributed by atoms with E-state index in [2.05, 4.69) is 37.7 Å². The number of piperazine rings is 1. The van der Waals surface area contributed by atoms with E-state index in [0.717, 1.165) is 37.9 Å². The van der Waals surface area contributed by atoms with Gasteiger partial charge in [-0.1, -0.05) is 6.07 Å². The highest BCUT2D eigenvalue weighted by atomic mass is 32.1. The monoisotopic (exact) mass is 478 g/mol. The molecule has 3 heterocycles. The topological polar surface area (TPSA) is 93.4 Å². The molecule has 0 unspecified atom stereocenters. The predicted octanol–water partition coefficient (Wildman–Crippen LogP) is 4.02. The first-order valence-electron chi connectivity index (χ1n) is 10.9. The second-order valence-corrected chi connectivity index (χ2v) is 9.21. The van der Waals surface area contributed by atoms with Gasteiger partial charge < -0.3 is 20.4 Å². The van der Waals surface area contributed by atoms with E-state index in [-0.39, 0.29) is 11.5 Å². The van der Waals surface area contributed by atoms with Crippen LogP contribution in [0.4, 0.5) is 21.6 Å². The third-order valence-corrected chi connectivity index (χ3v) is 6.82. The highest BCUT2D eigenvalue weighted by molar-refractivity contribution is 7.20. The molecule has 2 aromatic heterocycles. The Kier molecular flexibility index (Phi) is 5.99. The molecule has 5 rings (SSSR count). The summed E-state index contributed by atoms with van der Waals surface area (Å²) in [5.41, 5.74) is 2.03. The van der Waals surface area contributed by atoms with E-state index in [0.29, 0.717) is 26.6 Å². The number of aromatic amines is 1. The first-order chi connectivity index (χ1) is 16.5. The molecule has 34 heavy (non-hydrogen) atoms. The highest BCUT2D eigenvalue weighted by Gasteiger charge is 2.18.